The molecule has 0 amide bonds. The molecular formula is C23H33IN4O3S. The zero-order valence-electron chi connectivity index (χ0n) is 18.9. The molecule has 1 fully saturated rings. The number of hydrogen-bond acceptors (Lipinski definition) is 5. The van der Waals surface area contributed by atoms with Crippen molar-refractivity contribution in [1.29, 1.82) is 0 Å². The second-order valence-corrected chi connectivity index (χ2v) is 9.74. The van der Waals surface area contributed by atoms with Crippen molar-refractivity contribution in [3.05, 3.63) is 59.7 Å². The summed E-state index contributed by atoms with van der Waals surface area (Å²) in [6.07, 6.45) is 3.63. The first-order chi connectivity index (χ1) is 14.9. The summed E-state index contributed by atoms with van der Waals surface area (Å²) >= 11 is 0. The molecule has 9 heteroatoms. The van der Waals surface area contributed by atoms with Gasteiger partial charge in [-0.1, -0.05) is 30.3 Å². The highest BCUT2D eigenvalue weighted by molar-refractivity contribution is 14.0. The highest BCUT2D eigenvalue weighted by atomic mass is 127. The largest absolute Gasteiger partial charge is 0.496 e. The molecule has 7 nitrogen and oxygen atoms in total. The second kappa shape index (κ2) is 12.4. The minimum Gasteiger partial charge on any atom is -0.496 e. The quantitative estimate of drug-likeness (QED) is 0.287. The van der Waals surface area contributed by atoms with E-state index in [9.17, 15) is 8.42 Å². The fourth-order valence-electron chi connectivity index (χ4n) is 3.88. The molecule has 0 aliphatic carbocycles. The molecule has 32 heavy (non-hydrogen) atoms. The van der Waals surface area contributed by atoms with Crippen LogP contribution in [-0.4, -0.2) is 59.3 Å². The smallest absolute Gasteiger partial charge is 0.191 e. The van der Waals surface area contributed by atoms with Gasteiger partial charge in [-0.05, 0) is 49.7 Å². The molecule has 1 heterocycles. The number of halogens is 1. The predicted molar refractivity (Wildman–Crippen MR) is 140 cm³/mol. The topological polar surface area (TPSA) is 83.0 Å². The number of para-hydroxylation sites is 1. The molecule has 2 aromatic carbocycles. The SMILES string of the molecule is CN=C(NCc1ccc(S(C)(=O)=O)cc1)NCC(c1ccccc1OC)N1CCCC1.I. The number of hydrogen-bond donors (Lipinski definition) is 2. The molecule has 1 atom stereocenters. The molecule has 0 aromatic heterocycles. The summed E-state index contributed by atoms with van der Waals surface area (Å²) in [5, 5.41) is 6.76. The molecule has 1 aliphatic heterocycles. The Kier molecular flexibility index (Phi) is 10.2. The molecule has 0 saturated carbocycles. The molecule has 0 radical (unpaired) electrons. The fourth-order valence-corrected chi connectivity index (χ4v) is 4.52. The van der Waals surface area contributed by atoms with E-state index >= 15 is 0 Å². The van der Waals surface area contributed by atoms with Crippen molar-refractivity contribution >= 4 is 39.8 Å². The van der Waals surface area contributed by atoms with Crippen LogP contribution in [0.25, 0.3) is 0 Å². The number of likely N-dealkylation sites (tertiary alicyclic amines) is 1. The number of nitrogens with one attached hydrogen (secondary N) is 2. The molecule has 1 saturated heterocycles. The minimum absolute atomic E-state index is 0. The van der Waals surface area contributed by atoms with Crippen molar-refractivity contribution in [3.63, 3.8) is 0 Å². The van der Waals surface area contributed by atoms with Crippen molar-refractivity contribution in [2.24, 2.45) is 4.99 Å². The lowest BCUT2D eigenvalue weighted by Gasteiger charge is -2.30. The van der Waals surface area contributed by atoms with Crippen LogP contribution in [-0.2, 0) is 16.4 Å². The third-order valence-corrected chi connectivity index (χ3v) is 6.71. The van der Waals surface area contributed by atoms with Crippen molar-refractivity contribution in [1.82, 2.24) is 15.5 Å². The van der Waals surface area contributed by atoms with E-state index in [0.29, 0.717) is 23.9 Å². The van der Waals surface area contributed by atoms with Gasteiger partial charge >= 0.3 is 0 Å². The maximum Gasteiger partial charge on any atom is 0.191 e. The second-order valence-electron chi connectivity index (χ2n) is 7.72. The van der Waals surface area contributed by atoms with Gasteiger partial charge in [0.2, 0.25) is 0 Å². The predicted octanol–water partition coefficient (Wildman–Crippen LogP) is 3.22. The maximum atomic E-state index is 11.6. The standard InChI is InChI=1S/C23H32N4O3S.HI/c1-24-23(25-16-18-10-12-19(13-11-18)31(3,28)29)26-17-21(27-14-6-7-15-27)20-8-4-5-9-22(20)30-2;/h4-5,8-13,21H,6-7,14-17H2,1-3H3,(H2,24,25,26);1H. The van der Waals surface area contributed by atoms with Crippen molar-refractivity contribution < 1.29 is 13.2 Å². The number of sulfone groups is 1. The monoisotopic (exact) mass is 572 g/mol. The first-order valence-corrected chi connectivity index (χ1v) is 12.4. The van der Waals surface area contributed by atoms with Crippen LogP contribution in [0.5, 0.6) is 5.75 Å². The lowest BCUT2D eigenvalue weighted by Crippen LogP contribution is -2.42. The average Bonchev–Trinajstić information content (AvgIpc) is 3.30. The molecule has 1 aliphatic rings. The van der Waals surface area contributed by atoms with Gasteiger partial charge in [0.05, 0.1) is 18.0 Å². The van der Waals surface area contributed by atoms with E-state index in [2.05, 4.69) is 26.6 Å². The minimum atomic E-state index is -3.19. The van der Waals surface area contributed by atoms with Crippen LogP contribution in [0.2, 0.25) is 0 Å². The van der Waals surface area contributed by atoms with Crippen LogP contribution >= 0.6 is 24.0 Å². The van der Waals surface area contributed by atoms with Gasteiger partial charge in [-0.3, -0.25) is 9.89 Å². The van der Waals surface area contributed by atoms with Crippen LogP contribution in [0.4, 0.5) is 0 Å². The van der Waals surface area contributed by atoms with E-state index < -0.39 is 9.84 Å². The Hall–Kier alpha value is -1.85. The van der Waals surface area contributed by atoms with Crippen molar-refractivity contribution in [2.75, 3.05) is 40.0 Å². The molecule has 1 unspecified atom stereocenters. The Morgan fingerprint density at radius 1 is 1.09 bits per heavy atom. The van der Waals surface area contributed by atoms with E-state index in [0.717, 1.165) is 24.4 Å². The van der Waals surface area contributed by atoms with Crippen LogP contribution in [0, 0.1) is 0 Å². The number of methoxy groups -OCH3 is 1. The number of nitrogens with zero attached hydrogens (tertiary/aromatic N) is 2. The summed E-state index contributed by atoms with van der Waals surface area (Å²) < 4.78 is 28.9. The normalized spacial score (nSPS) is 15.7. The van der Waals surface area contributed by atoms with Crippen LogP contribution in [0.1, 0.15) is 30.0 Å². The summed E-state index contributed by atoms with van der Waals surface area (Å²) in [4.78, 5) is 7.15. The lowest BCUT2D eigenvalue weighted by molar-refractivity contribution is 0.239. The number of benzene rings is 2. The Labute approximate surface area is 208 Å². The number of ether oxygens (including phenoxy) is 1. The highest BCUT2D eigenvalue weighted by Gasteiger charge is 2.26. The highest BCUT2D eigenvalue weighted by Crippen LogP contribution is 2.31. The van der Waals surface area contributed by atoms with Gasteiger partial charge < -0.3 is 15.4 Å². The van der Waals surface area contributed by atoms with E-state index in [1.54, 1.807) is 26.3 Å². The molecule has 2 aromatic rings. The summed E-state index contributed by atoms with van der Waals surface area (Å²) in [6, 6.07) is 15.3. The molecule has 2 N–H and O–H groups in total. The summed E-state index contributed by atoms with van der Waals surface area (Å²) in [6.45, 7) is 3.39. The Morgan fingerprint density at radius 3 is 2.34 bits per heavy atom. The maximum absolute atomic E-state index is 11.6. The van der Waals surface area contributed by atoms with E-state index in [1.165, 1.54) is 24.7 Å². The molecule has 0 spiro atoms. The van der Waals surface area contributed by atoms with E-state index in [4.69, 9.17) is 4.74 Å². The third kappa shape index (κ3) is 7.08. The summed E-state index contributed by atoms with van der Waals surface area (Å²) in [5.41, 5.74) is 2.15. The third-order valence-electron chi connectivity index (χ3n) is 5.58. The van der Waals surface area contributed by atoms with Gasteiger partial charge in [0.25, 0.3) is 0 Å². The molecule has 3 rings (SSSR count). The zero-order chi connectivity index (χ0) is 22.3. The van der Waals surface area contributed by atoms with Crippen LogP contribution in [0.3, 0.4) is 0 Å². The van der Waals surface area contributed by atoms with Gasteiger partial charge in [0.1, 0.15) is 5.75 Å². The van der Waals surface area contributed by atoms with Crippen molar-refractivity contribution in [3.8, 4) is 5.75 Å². The zero-order valence-corrected chi connectivity index (χ0v) is 22.0. The van der Waals surface area contributed by atoms with Gasteiger partial charge in [-0.25, -0.2) is 8.42 Å². The first kappa shape index (κ1) is 26.4. The Bertz CT molecular complexity index is 991. The molecule has 0 bridgehead atoms. The Morgan fingerprint density at radius 2 is 1.75 bits per heavy atom. The van der Waals surface area contributed by atoms with Crippen LogP contribution in [0.15, 0.2) is 58.4 Å². The van der Waals surface area contributed by atoms with E-state index in [-0.39, 0.29) is 30.0 Å². The lowest BCUT2D eigenvalue weighted by atomic mass is 10.0. The summed E-state index contributed by atoms with van der Waals surface area (Å²) in [7, 11) is 0.272. The molecule has 176 valence electrons. The number of rotatable bonds is 8. The first-order valence-electron chi connectivity index (χ1n) is 10.5. The Balaban J connectivity index is 0.00000363. The fraction of sp³-hybridized carbons (Fsp3) is 0.435. The number of aliphatic imine (C=N–C) groups is 1. The summed E-state index contributed by atoms with van der Waals surface area (Å²) in [5.74, 6) is 1.60. The number of guanidine groups is 1. The van der Waals surface area contributed by atoms with Gasteiger partial charge in [-0.15, -0.1) is 24.0 Å². The molecular weight excluding hydrogens is 539 g/mol. The van der Waals surface area contributed by atoms with Crippen LogP contribution < -0.4 is 15.4 Å². The van der Waals surface area contributed by atoms with Crippen molar-refractivity contribution in [2.45, 2.75) is 30.3 Å². The van der Waals surface area contributed by atoms with E-state index in [1.807, 2.05) is 30.3 Å². The average molecular weight is 573 g/mol. The van der Waals surface area contributed by atoms with Gasteiger partial charge in [0.15, 0.2) is 15.8 Å². The van der Waals surface area contributed by atoms with Gasteiger partial charge in [-0.2, -0.15) is 0 Å². The van der Waals surface area contributed by atoms with Gasteiger partial charge in [0, 0.05) is 32.0 Å².